The molecule has 0 radical (unpaired) electrons. The minimum absolute atomic E-state index is 0.0336. The normalized spacial score (nSPS) is 17.2. The maximum absolute atomic E-state index is 11.8. The van der Waals surface area contributed by atoms with Crippen molar-refractivity contribution in [2.75, 3.05) is 43.1 Å². The lowest BCUT2D eigenvalue weighted by Gasteiger charge is -2.25. The van der Waals surface area contributed by atoms with Gasteiger partial charge in [0.05, 0.1) is 28.8 Å². The van der Waals surface area contributed by atoms with Crippen LogP contribution in [0.15, 0.2) is 18.2 Å². The van der Waals surface area contributed by atoms with Gasteiger partial charge in [0.2, 0.25) is 0 Å². The molecule has 1 N–H and O–H groups in total. The molecule has 1 aliphatic heterocycles. The summed E-state index contributed by atoms with van der Waals surface area (Å²) in [7, 11) is -2.99. The van der Waals surface area contributed by atoms with Gasteiger partial charge in [-0.25, -0.2) is 8.42 Å². The average Bonchev–Trinajstić information content (AvgIpc) is 2.50. The standard InChI is InChI=1S/C15H19ClN2O5S/c1-11-2-3-13(12(16)8-11)17-14(19)10-23-15(20)9-18-4-6-24(21,22)7-5-18/h2-3,8H,4-7,9-10H2,1H3,(H,17,19). The Hall–Kier alpha value is -1.64. The fraction of sp³-hybridized carbons (Fsp3) is 0.467. The van der Waals surface area contributed by atoms with Crippen molar-refractivity contribution < 1.29 is 22.7 Å². The summed E-state index contributed by atoms with van der Waals surface area (Å²) in [6, 6.07) is 5.19. The first-order chi connectivity index (χ1) is 11.2. The molecule has 1 heterocycles. The molecule has 0 unspecified atom stereocenters. The number of ether oxygens (including phenoxy) is 1. The Morgan fingerprint density at radius 2 is 1.96 bits per heavy atom. The monoisotopic (exact) mass is 374 g/mol. The molecule has 1 aromatic rings. The molecule has 0 aliphatic carbocycles. The fourth-order valence-electron chi connectivity index (χ4n) is 2.19. The zero-order valence-electron chi connectivity index (χ0n) is 13.2. The van der Waals surface area contributed by atoms with E-state index in [0.29, 0.717) is 23.8 Å². The molecular formula is C15H19ClN2O5S. The first-order valence-electron chi connectivity index (χ1n) is 7.39. The van der Waals surface area contributed by atoms with E-state index in [2.05, 4.69) is 5.32 Å². The molecule has 1 amide bonds. The summed E-state index contributed by atoms with van der Waals surface area (Å²) in [6.45, 7) is 2.01. The summed E-state index contributed by atoms with van der Waals surface area (Å²) in [5, 5.41) is 2.97. The third-order valence-corrected chi connectivity index (χ3v) is 5.47. The lowest BCUT2D eigenvalue weighted by molar-refractivity contribution is -0.148. The summed E-state index contributed by atoms with van der Waals surface area (Å²) in [5.74, 6) is -0.992. The van der Waals surface area contributed by atoms with Gasteiger partial charge in [0.25, 0.3) is 5.91 Å². The first-order valence-corrected chi connectivity index (χ1v) is 9.59. The predicted octanol–water partition coefficient (Wildman–Crippen LogP) is 0.861. The van der Waals surface area contributed by atoms with Crippen molar-refractivity contribution in [1.29, 1.82) is 0 Å². The van der Waals surface area contributed by atoms with Gasteiger partial charge >= 0.3 is 5.97 Å². The Labute approximate surface area is 145 Å². The van der Waals surface area contributed by atoms with Crippen LogP contribution in [0.2, 0.25) is 5.02 Å². The molecule has 1 aromatic carbocycles. The number of sulfone groups is 1. The number of aryl methyl sites for hydroxylation is 1. The number of amides is 1. The predicted molar refractivity (Wildman–Crippen MR) is 90.9 cm³/mol. The van der Waals surface area contributed by atoms with Crippen LogP contribution in [0.5, 0.6) is 0 Å². The van der Waals surface area contributed by atoms with Crippen LogP contribution >= 0.6 is 11.6 Å². The molecule has 1 saturated heterocycles. The average molecular weight is 375 g/mol. The number of carbonyl (C=O) groups excluding carboxylic acids is 2. The highest BCUT2D eigenvalue weighted by molar-refractivity contribution is 7.91. The molecule has 0 bridgehead atoms. The number of benzene rings is 1. The SMILES string of the molecule is Cc1ccc(NC(=O)COC(=O)CN2CCS(=O)(=O)CC2)c(Cl)c1. The van der Waals surface area contributed by atoms with E-state index in [1.165, 1.54) is 0 Å². The molecule has 1 aliphatic rings. The van der Waals surface area contributed by atoms with Crippen LogP contribution in [-0.2, 0) is 24.2 Å². The van der Waals surface area contributed by atoms with Gasteiger partial charge in [0.15, 0.2) is 16.4 Å². The van der Waals surface area contributed by atoms with Gasteiger partial charge in [-0.3, -0.25) is 14.5 Å². The van der Waals surface area contributed by atoms with E-state index in [0.717, 1.165) is 5.56 Å². The van der Waals surface area contributed by atoms with E-state index in [1.54, 1.807) is 23.1 Å². The van der Waals surface area contributed by atoms with Gasteiger partial charge in [0, 0.05) is 13.1 Å². The van der Waals surface area contributed by atoms with Gasteiger partial charge in [-0.15, -0.1) is 0 Å². The summed E-state index contributed by atoms with van der Waals surface area (Å²) in [4.78, 5) is 25.2. The smallest absolute Gasteiger partial charge is 0.320 e. The minimum atomic E-state index is -2.99. The van der Waals surface area contributed by atoms with Gasteiger partial charge in [-0.2, -0.15) is 0 Å². The van der Waals surface area contributed by atoms with Crippen LogP contribution in [-0.4, -0.2) is 62.9 Å². The number of esters is 1. The summed E-state index contributed by atoms with van der Waals surface area (Å²) < 4.78 is 27.5. The van der Waals surface area contributed by atoms with Gasteiger partial charge in [-0.1, -0.05) is 17.7 Å². The number of carbonyl (C=O) groups is 2. The molecule has 1 fully saturated rings. The highest BCUT2D eigenvalue weighted by Crippen LogP contribution is 2.22. The van der Waals surface area contributed by atoms with Crippen molar-refractivity contribution in [3.8, 4) is 0 Å². The van der Waals surface area contributed by atoms with Gasteiger partial charge in [-0.05, 0) is 24.6 Å². The van der Waals surface area contributed by atoms with Crippen molar-refractivity contribution in [3.05, 3.63) is 28.8 Å². The highest BCUT2D eigenvalue weighted by Gasteiger charge is 2.23. The third kappa shape index (κ3) is 5.77. The van der Waals surface area contributed by atoms with Crippen LogP contribution in [0.3, 0.4) is 0 Å². The number of nitrogens with one attached hydrogen (secondary N) is 1. The van der Waals surface area contributed by atoms with E-state index in [4.69, 9.17) is 16.3 Å². The number of halogens is 1. The van der Waals surface area contributed by atoms with Crippen molar-refractivity contribution in [3.63, 3.8) is 0 Å². The molecule has 0 aromatic heterocycles. The number of nitrogens with zero attached hydrogens (tertiary/aromatic N) is 1. The molecule has 24 heavy (non-hydrogen) atoms. The lowest BCUT2D eigenvalue weighted by atomic mass is 10.2. The Morgan fingerprint density at radius 1 is 1.29 bits per heavy atom. The summed E-state index contributed by atoms with van der Waals surface area (Å²) in [6.07, 6.45) is 0. The molecule has 132 valence electrons. The van der Waals surface area contributed by atoms with Gasteiger partial charge in [0.1, 0.15) is 0 Å². The zero-order valence-corrected chi connectivity index (χ0v) is 14.8. The van der Waals surface area contributed by atoms with Crippen LogP contribution < -0.4 is 5.32 Å². The minimum Gasteiger partial charge on any atom is -0.455 e. The molecule has 0 atom stereocenters. The summed E-state index contributed by atoms with van der Waals surface area (Å²) >= 11 is 6.01. The summed E-state index contributed by atoms with van der Waals surface area (Å²) in [5.41, 5.74) is 1.41. The zero-order chi connectivity index (χ0) is 17.7. The third-order valence-electron chi connectivity index (χ3n) is 3.55. The first kappa shape index (κ1) is 18.7. The van der Waals surface area contributed by atoms with Crippen molar-refractivity contribution in [2.45, 2.75) is 6.92 Å². The number of hydrogen-bond acceptors (Lipinski definition) is 6. The Balaban J connectivity index is 1.74. The van der Waals surface area contributed by atoms with Crippen molar-refractivity contribution in [1.82, 2.24) is 4.90 Å². The second-order valence-electron chi connectivity index (χ2n) is 5.62. The lowest BCUT2D eigenvalue weighted by Crippen LogP contribution is -2.43. The Morgan fingerprint density at radius 3 is 2.58 bits per heavy atom. The molecule has 2 rings (SSSR count). The quantitative estimate of drug-likeness (QED) is 0.768. The van der Waals surface area contributed by atoms with E-state index in [9.17, 15) is 18.0 Å². The molecule has 9 heteroatoms. The second-order valence-corrected chi connectivity index (χ2v) is 8.33. The topological polar surface area (TPSA) is 92.8 Å². The molecule has 7 nitrogen and oxygen atoms in total. The van der Waals surface area contributed by atoms with Crippen LogP contribution in [0.1, 0.15) is 5.56 Å². The Bertz CT molecular complexity index is 721. The van der Waals surface area contributed by atoms with E-state index in [1.807, 2.05) is 6.92 Å². The van der Waals surface area contributed by atoms with Crippen LogP contribution in [0.4, 0.5) is 5.69 Å². The van der Waals surface area contributed by atoms with Crippen molar-refractivity contribution in [2.24, 2.45) is 0 Å². The maximum atomic E-state index is 11.8. The van der Waals surface area contributed by atoms with Crippen molar-refractivity contribution >= 4 is 39.0 Å². The highest BCUT2D eigenvalue weighted by atomic mass is 35.5. The number of rotatable bonds is 5. The second kappa shape index (κ2) is 7.96. The van der Waals surface area contributed by atoms with Gasteiger partial charge < -0.3 is 10.1 Å². The van der Waals surface area contributed by atoms with E-state index in [-0.39, 0.29) is 18.1 Å². The van der Waals surface area contributed by atoms with Crippen LogP contribution in [0.25, 0.3) is 0 Å². The van der Waals surface area contributed by atoms with E-state index >= 15 is 0 Å². The number of anilines is 1. The van der Waals surface area contributed by atoms with Crippen LogP contribution in [0, 0.1) is 6.92 Å². The largest absolute Gasteiger partial charge is 0.455 e. The fourth-order valence-corrected chi connectivity index (χ4v) is 3.75. The maximum Gasteiger partial charge on any atom is 0.320 e. The molecular weight excluding hydrogens is 356 g/mol. The molecule has 0 saturated carbocycles. The Kier molecular flexibility index (Phi) is 6.20. The van der Waals surface area contributed by atoms with E-state index < -0.39 is 28.3 Å². The number of hydrogen-bond donors (Lipinski definition) is 1. The molecule has 0 spiro atoms.